The normalized spacial score (nSPS) is 15.7. The maximum atomic E-state index is 5.73. The van der Waals surface area contributed by atoms with Gasteiger partial charge in [0, 0.05) is 33.3 Å². The van der Waals surface area contributed by atoms with E-state index in [1.807, 2.05) is 19.2 Å². The molecule has 1 heterocycles. The Morgan fingerprint density at radius 2 is 1.88 bits per heavy atom. The third-order valence-electron chi connectivity index (χ3n) is 4.31. The van der Waals surface area contributed by atoms with Gasteiger partial charge in [0.2, 0.25) is 0 Å². The fourth-order valence-corrected chi connectivity index (χ4v) is 2.95. The van der Waals surface area contributed by atoms with Gasteiger partial charge >= 0.3 is 0 Å². The predicted octanol–water partition coefficient (Wildman–Crippen LogP) is 3.92. The Hall–Kier alpha value is -1.02. The molecule has 1 fully saturated rings. The summed E-state index contributed by atoms with van der Waals surface area (Å²) in [6.07, 6.45) is 2.53. The van der Waals surface area contributed by atoms with E-state index in [0.29, 0.717) is 12.0 Å². The van der Waals surface area contributed by atoms with Crippen molar-refractivity contribution in [3.05, 3.63) is 29.8 Å². The summed E-state index contributed by atoms with van der Waals surface area (Å²) in [5, 5.41) is 3.47. The van der Waals surface area contributed by atoms with Crippen molar-refractivity contribution in [1.82, 2.24) is 10.2 Å². The summed E-state index contributed by atoms with van der Waals surface area (Å²) < 4.78 is 11.5. The molecule has 0 saturated carbocycles. The standard InChI is InChI=1S/C20H33N3O2.HI/c1-5-24-19-10-12-23(13-11-19)20(21-4)22-14-17-6-8-18(9-7-17)25-15-16(2)3;/h6-9,16,19H,5,10-15H2,1-4H3,(H,21,22);1H. The molecule has 6 heteroatoms. The molecule has 1 aliphatic rings. The van der Waals surface area contributed by atoms with E-state index in [4.69, 9.17) is 9.47 Å². The largest absolute Gasteiger partial charge is 0.493 e. The van der Waals surface area contributed by atoms with Crippen LogP contribution in [0.2, 0.25) is 0 Å². The van der Waals surface area contributed by atoms with Crippen molar-refractivity contribution in [3.63, 3.8) is 0 Å². The van der Waals surface area contributed by atoms with Crippen molar-refractivity contribution >= 4 is 29.9 Å². The molecule has 1 aromatic rings. The topological polar surface area (TPSA) is 46.1 Å². The highest BCUT2D eigenvalue weighted by Crippen LogP contribution is 2.15. The first-order valence-corrected chi connectivity index (χ1v) is 9.41. The fraction of sp³-hybridized carbons (Fsp3) is 0.650. The summed E-state index contributed by atoms with van der Waals surface area (Å²) in [5.41, 5.74) is 1.22. The number of piperidine rings is 1. The predicted molar refractivity (Wildman–Crippen MR) is 119 cm³/mol. The van der Waals surface area contributed by atoms with Crippen molar-refractivity contribution in [3.8, 4) is 5.75 Å². The SMILES string of the molecule is CCOC1CCN(C(=NC)NCc2ccc(OCC(C)C)cc2)CC1.I. The first-order valence-electron chi connectivity index (χ1n) is 9.41. The minimum Gasteiger partial charge on any atom is -0.493 e. The van der Waals surface area contributed by atoms with E-state index in [2.05, 4.69) is 48.1 Å². The van der Waals surface area contributed by atoms with Gasteiger partial charge in [-0.25, -0.2) is 0 Å². The molecule has 1 N–H and O–H groups in total. The molecular formula is C20H34IN3O2. The number of nitrogens with zero attached hydrogens (tertiary/aromatic N) is 2. The van der Waals surface area contributed by atoms with Crippen LogP contribution in [0.25, 0.3) is 0 Å². The molecule has 2 rings (SSSR count). The molecule has 0 aromatic heterocycles. The third kappa shape index (κ3) is 7.70. The first kappa shape index (κ1) is 23.0. The number of nitrogens with one attached hydrogen (secondary N) is 1. The van der Waals surface area contributed by atoms with Crippen molar-refractivity contribution in [2.45, 2.75) is 46.3 Å². The number of halogens is 1. The molecule has 1 saturated heterocycles. The zero-order valence-corrected chi connectivity index (χ0v) is 18.9. The van der Waals surface area contributed by atoms with E-state index in [9.17, 15) is 0 Å². The Morgan fingerprint density at radius 1 is 1.23 bits per heavy atom. The summed E-state index contributed by atoms with van der Waals surface area (Å²) in [6.45, 7) is 10.7. The van der Waals surface area contributed by atoms with Crippen LogP contribution in [0.1, 0.15) is 39.2 Å². The number of hydrogen-bond donors (Lipinski definition) is 1. The summed E-state index contributed by atoms with van der Waals surface area (Å²) in [4.78, 5) is 6.75. The Labute approximate surface area is 175 Å². The number of rotatable bonds is 7. The monoisotopic (exact) mass is 475 g/mol. The molecule has 26 heavy (non-hydrogen) atoms. The second-order valence-corrected chi connectivity index (χ2v) is 6.89. The highest BCUT2D eigenvalue weighted by molar-refractivity contribution is 14.0. The van der Waals surface area contributed by atoms with Crippen LogP contribution in [0.15, 0.2) is 29.3 Å². The average Bonchev–Trinajstić information content (AvgIpc) is 2.63. The van der Waals surface area contributed by atoms with Gasteiger partial charge in [-0.1, -0.05) is 26.0 Å². The molecular weight excluding hydrogens is 441 g/mol. The lowest BCUT2D eigenvalue weighted by molar-refractivity contribution is 0.0263. The quantitative estimate of drug-likeness (QED) is 0.369. The van der Waals surface area contributed by atoms with Gasteiger partial charge in [-0.15, -0.1) is 24.0 Å². The van der Waals surface area contributed by atoms with E-state index in [1.54, 1.807) is 0 Å². The van der Waals surface area contributed by atoms with Crippen molar-refractivity contribution < 1.29 is 9.47 Å². The molecule has 0 aliphatic carbocycles. The van der Waals surface area contributed by atoms with Crippen LogP contribution in [0.4, 0.5) is 0 Å². The lowest BCUT2D eigenvalue weighted by atomic mass is 10.1. The fourth-order valence-electron chi connectivity index (χ4n) is 2.95. The summed E-state index contributed by atoms with van der Waals surface area (Å²) in [7, 11) is 1.85. The van der Waals surface area contributed by atoms with E-state index in [1.165, 1.54) is 5.56 Å². The molecule has 1 aromatic carbocycles. The number of benzene rings is 1. The van der Waals surface area contributed by atoms with Crippen LogP contribution in [0.5, 0.6) is 5.75 Å². The van der Waals surface area contributed by atoms with Gasteiger partial charge in [0.15, 0.2) is 5.96 Å². The summed E-state index contributed by atoms with van der Waals surface area (Å²) in [6, 6.07) is 8.29. The first-order chi connectivity index (χ1) is 12.1. The van der Waals surface area contributed by atoms with Gasteiger partial charge < -0.3 is 19.7 Å². The van der Waals surface area contributed by atoms with Crippen LogP contribution < -0.4 is 10.1 Å². The number of ether oxygens (including phenoxy) is 2. The summed E-state index contributed by atoms with van der Waals surface area (Å²) >= 11 is 0. The minimum atomic E-state index is 0. The molecule has 5 nitrogen and oxygen atoms in total. The lowest BCUT2D eigenvalue weighted by Crippen LogP contribution is -2.46. The van der Waals surface area contributed by atoms with Gasteiger partial charge in [0.05, 0.1) is 12.7 Å². The van der Waals surface area contributed by atoms with Crippen molar-refractivity contribution in [1.29, 1.82) is 0 Å². The molecule has 0 unspecified atom stereocenters. The van der Waals surface area contributed by atoms with Crippen molar-refractivity contribution in [2.75, 3.05) is 33.4 Å². The van der Waals surface area contributed by atoms with Gasteiger partial charge in [-0.2, -0.15) is 0 Å². The van der Waals surface area contributed by atoms with Gasteiger partial charge in [-0.05, 0) is 43.4 Å². The van der Waals surface area contributed by atoms with Gasteiger partial charge in [-0.3, -0.25) is 4.99 Å². The molecule has 148 valence electrons. The van der Waals surface area contributed by atoms with Gasteiger partial charge in [0.1, 0.15) is 5.75 Å². The Balaban J connectivity index is 0.00000338. The van der Waals surface area contributed by atoms with Crippen LogP contribution in [-0.2, 0) is 11.3 Å². The molecule has 0 spiro atoms. The zero-order valence-electron chi connectivity index (χ0n) is 16.5. The number of hydrogen-bond acceptors (Lipinski definition) is 3. The second kappa shape index (κ2) is 12.4. The highest BCUT2D eigenvalue weighted by atomic mass is 127. The van der Waals surface area contributed by atoms with Gasteiger partial charge in [0.25, 0.3) is 0 Å². The smallest absolute Gasteiger partial charge is 0.193 e. The maximum Gasteiger partial charge on any atom is 0.193 e. The second-order valence-electron chi connectivity index (χ2n) is 6.89. The highest BCUT2D eigenvalue weighted by Gasteiger charge is 2.21. The summed E-state index contributed by atoms with van der Waals surface area (Å²) in [5.74, 6) is 2.44. The molecule has 1 aliphatic heterocycles. The minimum absolute atomic E-state index is 0. The van der Waals surface area contributed by atoms with Crippen molar-refractivity contribution in [2.24, 2.45) is 10.9 Å². The van der Waals surface area contributed by atoms with Crippen LogP contribution in [-0.4, -0.2) is 50.3 Å². The molecule has 0 amide bonds. The number of likely N-dealkylation sites (tertiary alicyclic amines) is 1. The average molecular weight is 475 g/mol. The third-order valence-corrected chi connectivity index (χ3v) is 4.31. The molecule has 0 bridgehead atoms. The maximum absolute atomic E-state index is 5.73. The van der Waals surface area contributed by atoms with E-state index >= 15 is 0 Å². The van der Waals surface area contributed by atoms with Crippen LogP contribution >= 0.6 is 24.0 Å². The molecule has 0 radical (unpaired) electrons. The molecule has 0 atom stereocenters. The van der Waals surface area contributed by atoms with E-state index in [-0.39, 0.29) is 24.0 Å². The Bertz CT molecular complexity index is 526. The number of guanidine groups is 1. The van der Waals surface area contributed by atoms with Crippen LogP contribution in [0, 0.1) is 5.92 Å². The van der Waals surface area contributed by atoms with E-state index in [0.717, 1.165) is 57.4 Å². The Kier molecular flexibility index (Phi) is 11.0. The van der Waals surface area contributed by atoms with E-state index < -0.39 is 0 Å². The zero-order chi connectivity index (χ0) is 18.1. The van der Waals surface area contributed by atoms with Crippen LogP contribution in [0.3, 0.4) is 0 Å². The lowest BCUT2D eigenvalue weighted by Gasteiger charge is -2.34. The Morgan fingerprint density at radius 3 is 2.42 bits per heavy atom. The number of aliphatic imine (C=N–C) groups is 1.